The zero-order valence-electron chi connectivity index (χ0n) is 13.3. The molecule has 2 aromatic rings. The van der Waals surface area contributed by atoms with E-state index < -0.39 is 0 Å². The molecular weight excluding hydrogens is 324 g/mol. The van der Waals surface area contributed by atoms with Crippen molar-refractivity contribution in [3.63, 3.8) is 0 Å². The van der Waals surface area contributed by atoms with Crippen LogP contribution in [0.1, 0.15) is 48.7 Å². The Bertz CT molecular complexity index is 634. The van der Waals surface area contributed by atoms with Crippen LogP contribution in [-0.4, -0.2) is 16.9 Å². The third-order valence-electron chi connectivity index (χ3n) is 4.34. The second kappa shape index (κ2) is 7.97. The van der Waals surface area contributed by atoms with Crippen LogP contribution in [0.4, 0.5) is 0 Å². The van der Waals surface area contributed by atoms with Crippen molar-refractivity contribution in [2.75, 3.05) is 0 Å². The van der Waals surface area contributed by atoms with Crippen LogP contribution in [0, 0.1) is 5.92 Å². The van der Waals surface area contributed by atoms with Gasteiger partial charge in [-0.25, -0.2) is 4.98 Å². The van der Waals surface area contributed by atoms with Crippen molar-refractivity contribution in [3.05, 3.63) is 46.4 Å². The summed E-state index contributed by atoms with van der Waals surface area (Å²) in [7, 11) is 0. The predicted octanol–water partition coefficient (Wildman–Crippen LogP) is 4.74. The fraction of sp³-hybridized carbons (Fsp3) is 0.444. The summed E-state index contributed by atoms with van der Waals surface area (Å²) in [6.45, 7) is 2.29. The molecule has 23 heavy (non-hydrogen) atoms. The highest BCUT2D eigenvalue weighted by molar-refractivity contribution is 7.98. The molecule has 1 fully saturated rings. The lowest BCUT2D eigenvalue weighted by Gasteiger charge is -2.27. The first kappa shape index (κ1) is 16.5. The highest BCUT2D eigenvalue weighted by Crippen LogP contribution is 2.27. The van der Waals surface area contributed by atoms with Crippen LogP contribution in [-0.2, 0) is 5.75 Å². The first-order valence-electron chi connectivity index (χ1n) is 8.12. The molecule has 0 radical (unpaired) electrons. The molecule has 3 rings (SSSR count). The molecule has 1 aromatic carbocycles. The summed E-state index contributed by atoms with van der Waals surface area (Å²) >= 11 is 3.28. The molecule has 1 amide bonds. The number of carbonyl (C=O) groups is 1. The van der Waals surface area contributed by atoms with Crippen LogP contribution in [0.5, 0.6) is 0 Å². The molecular formula is C18H22N2OS2. The van der Waals surface area contributed by atoms with E-state index in [2.05, 4.69) is 22.6 Å². The smallest absolute Gasteiger partial charge is 0.252 e. The normalized spacial score (nSPS) is 21.1. The van der Waals surface area contributed by atoms with Crippen molar-refractivity contribution >= 4 is 29.0 Å². The molecule has 1 aliphatic carbocycles. The molecule has 1 N–H and O–H groups in total. The Morgan fingerprint density at radius 1 is 1.30 bits per heavy atom. The van der Waals surface area contributed by atoms with Gasteiger partial charge in [0, 0.05) is 22.1 Å². The summed E-state index contributed by atoms with van der Waals surface area (Å²) in [6.07, 6.45) is 4.62. The van der Waals surface area contributed by atoms with E-state index in [4.69, 9.17) is 0 Å². The lowest BCUT2D eigenvalue weighted by molar-refractivity contribution is 0.0920. The number of carbonyl (C=O) groups excluding carboxylic acids is 1. The molecule has 1 aromatic heterocycles. The van der Waals surface area contributed by atoms with Crippen LogP contribution in [0.2, 0.25) is 0 Å². The second-order valence-electron chi connectivity index (χ2n) is 6.19. The predicted molar refractivity (Wildman–Crippen MR) is 97.0 cm³/mol. The summed E-state index contributed by atoms with van der Waals surface area (Å²) in [5.41, 5.74) is 3.70. The van der Waals surface area contributed by atoms with E-state index in [0.717, 1.165) is 40.7 Å². The number of thioether (sulfide) groups is 1. The Balaban J connectivity index is 1.63. The zero-order chi connectivity index (χ0) is 16.1. The molecule has 0 aliphatic heterocycles. The molecule has 0 bridgehead atoms. The summed E-state index contributed by atoms with van der Waals surface area (Å²) in [5, 5.41) is 5.28. The highest BCUT2D eigenvalue weighted by Gasteiger charge is 2.21. The maximum absolute atomic E-state index is 12.6. The summed E-state index contributed by atoms with van der Waals surface area (Å²) in [5.74, 6) is 1.66. The Kier molecular flexibility index (Phi) is 5.73. The van der Waals surface area contributed by atoms with Crippen molar-refractivity contribution in [2.45, 2.75) is 49.3 Å². The van der Waals surface area contributed by atoms with Crippen LogP contribution >= 0.6 is 23.1 Å². The summed E-state index contributed by atoms with van der Waals surface area (Å²) in [4.78, 5) is 18.0. The number of thiazole rings is 1. The van der Waals surface area contributed by atoms with E-state index in [-0.39, 0.29) is 5.91 Å². The van der Waals surface area contributed by atoms with Crippen molar-refractivity contribution in [2.24, 2.45) is 5.92 Å². The van der Waals surface area contributed by atoms with Crippen molar-refractivity contribution in [3.8, 4) is 0 Å². The number of nitrogens with one attached hydrogen (secondary N) is 1. The fourth-order valence-electron chi connectivity index (χ4n) is 2.91. The maximum atomic E-state index is 12.6. The number of amides is 1. The van der Waals surface area contributed by atoms with Gasteiger partial charge in [-0.15, -0.1) is 23.1 Å². The molecule has 1 aliphatic rings. The van der Waals surface area contributed by atoms with Gasteiger partial charge >= 0.3 is 0 Å². The number of hydrogen-bond donors (Lipinski definition) is 1. The Morgan fingerprint density at radius 3 is 2.83 bits per heavy atom. The van der Waals surface area contributed by atoms with Crippen molar-refractivity contribution < 1.29 is 4.79 Å². The highest BCUT2D eigenvalue weighted by atomic mass is 32.2. The van der Waals surface area contributed by atoms with Gasteiger partial charge in [0.05, 0.1) is 16.8 Å². The third kappa shape index (κ3) is 4.58. The largest absolute Gasteiger partial charge is 0.349 e. The first-order chi connectivity index (χ1) is 11.2. The minimum atomic E-state index is 0.0610. The Labute approximate surface area is 145 Å². The van der Waals surface area contributed by atoms with E-state index in [1.807, 2.05) is 29.8 Å². The monoisotopic (exact) mass is 346 g/mol. The maximum Gasteiger partial charge on any atom is 0.252 e. The molecule has 1 saturated carbocycles. The minimum Gasteiger partial charge on any atom is -0.349 e. The average molecular weight is 347 g/mol. The second-order valence-corrected chi connectivity index (χ2v) is 7.93. The van der Waals surface area contributed by atoms with E-state index in [9.17, 15) is 4.79 Å². The van der Waals surface area contributed by atoms with Gasteiger partial charge in [-0.2, -0.15) is 0 Å². The topological polar surface area (TPSA) is 42.0 Å². The van der Waals surface area contributed by atoms with Gasteiger partial charge in [-0.3, -0.25) is 4.79 Å². The lowest BCUT2D eigenvalue weighted by Crippen LogP contribution is -2.37. The molecule has 122 valence electrons. The molecule has 0 atom stereocenters. The molecule has 0 unspecified atom stereocenters. The van der Waals surface area contributed by atoms with Gasteiger partial charge in [0.1, 0.15) is 0 Å². The van der Waals surface area contributed by atoms with Crippen molar-refractivity contribution in [1.29, 1.82) is 0 Å². The third-order valence-corrected chi connectivity index (χ3v) is 6.08. The first-order valence-corrected chi connectivity index (χ1v) is 10.0. The van der Waals surface area contributed by atoms with E-state index >= 15 is 0 Å². The number of rotatable bonds is 5. The van der Waals surface area contributed by atoms with Gasteiger partial charge in [0.25, 0.3) is 5.91 Å². The number of hydrogen-bond acceptors (Lipinski definition) is 4. The Morgan fingerprint density at radius 2 is 2.09 bits per heavy atom. The standard InChI is InChI=1S/C18H22N2OS2/c1-13-6-8-14(9-7-13)20-18(21)16-4-2-3-5-17(16)23-11-15-10-22-12-19-15/h2-5,10,12-14H,6-9,11H2,1H3,(H,20,21). The lowest BCUT2D eigenvalue weighted by atomic mass is 9.87. The van der Waals surface area contributed by atoms with Crippen LogP contribution in [0.25, 0.3) is 0 Å². The average Bonchev–Trinajstić information content (AvgIpc) is 3.09. The minimum absolute atomic E-state index is 0.0610. The summed E-state index contributed by atoms with van der Waals surface area (Å²) in [6, 6.07) is 8.20. The van der Waals surface area contributed by atoms with E-state index in [1.54, 1.807) is 23.1 Å². The van der Waals surface area contributed by atoms with Gasteiger partial charge < -0.3 is 5.32 Å². The molecule has 5 heteroatoms. The summed E-state index contributed by atoms with van der Waals surface area (Å²) < 4.78 is 0. The molecule has 0 spiro atoms. The van der Waals surface area contributed by atoms with Gasteiger partial charge in [0.15, 0.2) is 0 Å². The SMILES string of the molecule is CC1CCC(NC(=O)c2ccccc2SCc2cscn2)CC1. The Hall–Kier alpha value is -1.33. The quantitative estimate of drug-likeness (QED) is 0.795. The van der Waals surface area contributed by atoms with Crippen LogP contribution < -0.4 is 5.32 Å². The molecule has 1 heterocycles. The van der Waals surface area contributed by atoms with Crippen LogP contribution in [0.15, 0.2) is 40.1 Å². The molecule has 3 nitrogen and oxygen atoms in total. The van der Waals surface area contributed by atoms with Gasteiger partial charge in [-0.05, 0) is 43.7 Å². The number of aromatic nitrogens is 1. The van der Waals surface area contributed by atoms with Crippen molar-refractivity contribution in [1.82, 2.24) is 10.3 Å². The number of benzene rings is 1. The van der Waals surface area contributed by atoms with E-state index in [1.165, 1.54) is 12.8 Å². The zero-order valence-corrected chi connectivity index (χ0v) is 15.0. The van der Waals surface area contributed by atoms with Gasteiger partial charge in [-0.1, -0.05) is 19.1 Å². The van der Waals surface area contributed by atoms with E-state index in [0.29, 0.717) is 6.04 Å². The fourth-order valence-corrected chi connectivity index (χ4v) is 4.52. The number of nitrogens with zero attached hydrogens (tertiary/aromatic N) is 1. The van der Waals surface area contributed by atoms with Gasteiger partial charge in [0.2, 0.25) is 0 Å². The molecule has 0 saturated heterocycles. The van der Waals surface area contributed by atoms with Crippen LogP contribution in [0.3, 0.4) is 0 Å².